The molecule has 0 bridgehead atoms. The molecule has 0 saturated carbocycles. The summed E-state index contributed by atoms with van der Waals surface area (Å²) in [6, 6.07) is 16.2. The Balaban J connectivity index is 1.87. The van der Waals surface area contributed by atoms with Crippen LogP contribution in [-0.4, -0.2) is 26.2 Å². The summed E-state index contributed by atoms with van der Waals surface area (Å²) in [5, 5.41) is 0. The summed E-state index contributed by atoms with van der Waals surface area (Å²) in [6.45, 7) is 0.667. The van der Waals surface area contributed by atoms with E-state index in [0.29, 0.717) is 6.54 Å². The van der Waals surface area contributed by atoms with Crippen LogP contribution >= 0.6 is 0 Å². The number of nitrogens with zero attached hydrogens (tertiary/aromatic N) is 4. The molecule has 0 unspecified atom stereocenters. The van der Waals surface area contributed by atoms with Crippen LogP contribution in [0.2, 0.25) is 0 Å². The first-order valence-corrected chi connectivity index (χ1v) is 7.42. The predicted molar refractivity (Wildman–Crippen MR) is 89.0 cm³/mol. The Bertz CT molecular complexity index is 923. The van der Waals surface area contributed by atoms with Gasteiger partial charge in [0.2, 0.25) is 0 Å². The van der Waals surface area contributed by atoms with Crippen molar-refractivity contribution in [2.45, 2.75) is 6.54 Å². The molecule has 5 heteroatoms. The Morgan fingerprint density at radius 3 is 2.61 bits per heavy atom. The highest BCUT2D eigenvalue weighted by molar-refractivity contribution is 5.78. The van der Waals surface area contributed by atoms with Gasteiger partial charge in [0.1, 0.15) is 11.6 Å². The van der Waals surface area contributed by atoms with Crippen LogP contribution in [0, 0.1) is 0 Å². The fourth-order valence-corrected chi connectivity index (χ4v) is 2.74. The number of rotatable bonds is 4. The molecule has 0 radical (unpaired) electrons. The quantitative estimate of drug-likeness (QED) is 0.581. The van der Waals surface area contributed by atoms with Gasteiger partial charge in [0, 0.05) is 18.1 Å². The first-order valence-electron chi connectivity index (χ1n) is 7.42. The fraction of sp³-hybridized carbons (Fsp3) is 0.111. The molecule has 0 spiro atoms. The number of hydrogen-bond acceptors (Lipinski definition) is 3. The third-order valence-electron chi connectivity index (χ3n) is 3.84. The van der Waals surface area contributed by atoms with Gasteiger partial charge in [-0.3, -0.25) is 4.57 Å². The number of benzene rings is 2. The summed E-state index contributed by atoms with van der Waals surface area (Å²) in [7, 11) is 1.67. The summed E-state index contributed by atoms with van der Waals surface area (Å²) in [5.74, 6) is 1.81. The smallest absolute Gasteiger partial charge is 0.134 e. The Labute approximate surface area is 133 Å². The highest BCUT2D eigenvalue weighted by Gasteiger charge is 2.12. The van der Waals surface area contributed by atoms with E-state index >= 15 is 0 Å². The topological polar surface area (TPSA) is 44.9 Å². The Morgan fingerprint density at radius 1 is 1.04 bits per heavy atom. The van der Waals surface area contributed by atoms with Crippen LogP contribution in [-0.2, 0) is 6.54 Å². The molecule has 0 aliphatic carbocycles. The molecule has 114 valence electrons. The second kappa shape index (κ2) is 5.61. The highest BCUT2D eigenvalue weighted by Crippen LogP contribution is 2.23. The van der Waals surface area contributed by atoms with Gasteiger partial charge in [0.25, 0.3) is 0 Å². The molecule has 23 heavy (non-hydrogen) atoms. The number of fused-ring (bicyclic) bond motifs is 1. The van der Waals surface area contributed by atoms with Gasteiger partial charge in [-0.1, -0.05) is 12.1 Å². The normalized spacial score (nSPS) is 11.0. The van der Waals surface area contributed by atoms with E-state index in [1.165, 1.54) is 0 Å². The summed E-state index contributed by atoms with van der Waals surface area (Å²) < 4.78 is 9.44. The number of para-hydroxylation sites is 2. The van der Waals surface area contributed by atoms with Gasteiger partial charge in [-0.25, -0.2) is 9.97 Å². The van der Waals surface area contributed by atoms with Gasteiger partial charge in [-0.2, -0.15) is 0 Å². The van der Waals surface area contributed by atoms with E-state index in [9.17, 15) is 0 Å². The number of hydrogen-bond donors (Lipinski definition) is 0. The Hall–Kier alpha value is -3.08. The molecule has 0 aliphatic rings. The fourth-order valence-electron chi connectivity index (χ4n) is 2.74. The molecule has 0 fully saturated rings. The average molecular weight is 304 g/mol. The monoisotopic (exact) mass is 304 g/mol. The van der Waals surface area contributed by atoms with Crippen LogP contribution in [0.5, 0.6) is 5.75 Å². The van der Waals surface area contributed by atoms with Crippen molar-refractivity contribution in [1.29, 1.82) is 0 Å². The van der Waals surface area contributed by atoms with Crippen molar-refractivity contribution < 1.29 is 4.74 Å². The summed E-state index contributed by atoms with van der Waals surface area (Å²) in [5.41, 5.74) is 3.14. The first kappa shape index (κ1) is 13.6. The van der Waals surface area contributed by atoms with Crippen LogP contribution in [0.4, 0.5) is 0 Å². The van der Waals surface area contributed by atoms with Crippen molar-refractivity contribution in [1.82, 2.24) is 19.1 Å². The zero-order valence-corrected chi connectivity index (χ0v) is 12.8. The standard InChI is InChI=1S/C18H16N4O/c1-23-15-8-6-14(7-9-15)22-17-5-3-2-4-16(17)20-18(22)12-21-11-10-19-13-21/h2-11,13H,12H2,1H3. The summed E-state index contributed by atoms with van der Waals surface area (Å²) in [4.78, 5) is 8.90. The van der Waals surface area contributed by atoms with Crippen LogP contribution in [0.3, 0.4) is 0 Å². The zero-order valence-electron chi connectivity index (χ0n) is 12.8. The highest BCUT2D eigenvalue weighted by atomic mass is 16.5. The van der Waals surface area contributed by atoms with Crippen molar-refractivity contribution in [3.05, 3.63) is 73.1 Å². The Morgan fingerprint density at radius 2 is 1.87 bits per heavy atom. The maximum Gasteiger partial charge on any atom is 0.134 e. The molecule has 0 saturated heterocycles. The number of aromatic nitrogens is 4. The molecule has 4 aromatic rings. The lowest BCUT2D eigenvalue weighted by Gasteiger charge is -2.10. The SMILES string of the molecule is COc1ccc(-n2c(Cn3ccnc3)nc3ccccc32)cc1. The van der Waals surface area contributed by atoms with Crippen molar-refractivity contribution in [2.75, 3.05) is 7.11 Å². The van der Waals surface area contributed by atoms with Crippen LogP contribution in [0.1, 0.15) is 5.82 Å². The third-order valence-corrected chi connectivity index (χ3v) is 3.84. The maximum atomic E-state index is 5.25. The summed E-state index contributed by atoms with van der Waals surface area (Å²) >= 11 is 0. The van der Waals surface area contributed by atoms with E-state index in [0.717, 1.165) is 28.3 Å². The second-order valence-corrected chi connectivity index (χ2v) is 5.29. The number of methoxy groups -OCH3 is 1. The number of imidazole rings is 2. The van der Waals surface area contributed by atoms with Crippen LogP contribution in [0.25, 0.3) is 16.7 Å². The van der Waals surface area contributed by atoms with Gasteiger partial charge in [0.15, 0.2) is 0 Å². The molecule has 2 aromatic heterocycles. The van der Waals surface area contributed by atoms with Crippen LogP contribution < -0.4 is 4.74 Å². The molecule has 2 aromatic carbocycles. The van der Waals surface area contributed by atoms with Gasteiger partial charge in [0.05, 0.1) is 31.0 Å². The molecular formula is C18H16N4O. The van der Waals surface area contributed by atoms with Gasteiger partial charge >= 0.3 is 0 Å². The molecule has 5 nitrogen and oxygen atoms in total. The third kappa shape index (κ3) is 2.46. The van der Waals surface area contributed by atoms with Crippen molar-refractivity contribution in [3.8, 4) is 11.4 Å². The molecule has 0 atom stereocenters. The van der Waals surface area contributed by atoms with E-state index in [1.807, 2.05) is 53.2 Å². The lowest BCUT2D eigenvalue weighted by Crippen LogP contribution is -2.06. The number of ether oxygens (including phenoxy) is 1. The molecule has 0 N–H and O–H groups in total. The van der Waals surface area contributed by atoms with Gasteiger partial charge in [-0.15, -0.1) is 0 Å². The van der Waals surface area contributed by atoms with E-state index in [1.54, 1.807) is 19.6 Å². The van der Waals surface area contributed by atoms with E-state index in [4.69, 9.17) is 9.72 Å². The average Bonchev–Trinajstić information content (AvgIpc) is 3.22. The first-order chi connectivity index (χ1) is 11.3. The summed E-state index contributed by atoms with van der Waals surface area (Å²) in [6.07, 6.45) is 5.52. The molecule has 4 rings (SSSR count). The minimum atomic E-state index is 0.667. The largest absolute Gasteiger partial charge is 0.497 e. The van der Waals surface area contributed by atoms with E-state index < -0.39 is 0 Å². The minimum absolute atomic E-state index is 0.667. The van der Waals surface area contributed by atoms with Crippen molar-refractivity contribution >= 4 is 11.0 Å². The molecular weight excluding hydrogens is 288 g/mol. The van der Waals surface area contributed by atoms with Crippen LogP contribution in [0.15, 0.2) is 67.3 Å². The van der Waals surface area contributed by atoms with Crippen molar-refractivity contribution in [3.63, 3.8) is 0 Å². The van der Waals surface area contributed by atoms with E-state index in [2.05, 4.69) is 15.6 Å². The molecule has 0 aliphatic heterocycles. The maximum absolute atomic E-state index is 5.25. The van der Waals surface area contributed by atoms with Gasteiger partial charge in [-0.05, 0) is 36.4 Å². The van der Waals surface area contributed by atoms with E-state index in [-0.39, 0.29) is 0 Å². The zero-order chi connectivity index (χ0) is 15.6. The second-order valence-electron chi connectivity index (χ2n) is 5.29. The lowest BCUT2D eigenvalue weighted by atomic mass is 10.2. The Kier molecular flexibility index (Phi) is 3.31. The molecule has 0 amide bonds. The van der Waals surface area contributed by atoms with Crippen molar-refractivity contribution in [2.24, 2.45) is 0 Å². The molecule has 2 heterocycles. The van der Waals surface area contributed by atoms with Gasteiger partial charge < -0.3 is 9.30 Å². The predicted octanol–water partition coefficient (Wildman–Crippen LogP) is 3.28. The minimum Gasteiger partial charge on any atom is -0.497 e. The lowest BCUT2D eigenvalue weighted by molar-refractivity contribution is 0.414.